The molecule has 152 valence electrons. The van der Waals surface area contributed by atoms with Crippen molar-refractivity contribution in [3.63, 3.8) is 0 Å². The SMILES string of the molecule is COC(C)(C)CCN1CC2(CCC(c3ccc(C)s3)(N(C)C)CC2)CC1=O. The molecule has 1 aliphatic heterocycles. The van der Waals surface area contributed by atoms with Crippen molar-refractivity contribution in [1.29, 1.82) is 0 Å². The van der Waals surface area contributed by atoms with Gasteiger partial charge in [0.25, 0.3) is 0 Å². The number of methoxy groups -OCH3 is 1. The van der Waals surface area contributed by atoms with Gasteiger partial charge in [0.15, 0.2) is 0 Å². The van der Waals surface area contributed by atoms with E-state index in [9.17, 15) is 4.79 Å². The number of amides is 1. The van der Waals surface area contributed by atoms with Crippen LogP contribution in [0.1, 0.15) is 62.1 Å². The molecule has 3 rings (SSSR count). The van der Waals surface area contributed by atoms with E-state index in [2.05, 4.69) is 56.8 Å². The van der Waals surface area contributed by atoms with Crippen LogP contribution in [0.25, 0.3) is 0 Å². The summed E-state index contributed by atoms with van der Waals surface area (Å²) in [6, 6.07) is 4.56. The molecular weight excluding hydrogens is 356 g/mol. The van der Waals surface area contributed by atoms with Gasteiger partial charge in [0.2, 0.25) is 5.91 Å². The lowest BCUT2D eigenvalue weighted by Gasteiger charge is -2.48. The number of ether oxygens (including phenoxy) is 1. The highest BCUT2D eigenvalue weighted by Crippen LogP contribution is 2.53. The van der Waals surface area contributed by atoms with Gasteiger partial charge in [-0.3, -0.25) is 9.69 Å². The molecule has 0 bridgehead atoms. The van der Waals surface area contributed by atoms with Crippen LogP contribution in [0.4, 0.5) is 0 Å². The smallest absolute Gasteiger partial charge is 0.223 e. The molecule has 27 heavy (non-hydrogen) atoms. The molecule has 0 aromatic carbocycles. The fraction of sp³-hybridized carbons (Fsp3) is 0.773. The van der Waals surface area contributed by atoms with Gasteiger partial charge < -0.3 is 9.64 Å². The molecule has 1 saturated heterocycles. The predicted octanol–water partition coefficient (Wildman–Crippen LogP) is 4.42. The van der Waals surface area contributed by atoms with Crippen molar-refractivity contribution in [1.82, 2.24) is 9.80 Å². The fourth-order valence-corrected chi connectivity index (χ4v) is 6.01. The van der Waals surface area contributed by atoms with E-state index in [1.807, 2.05) is 11.3 Å². The second-order valence-electron chi connectivity index (χ2n) is 9.54. The number of nitrogens with zero attached hydrogens (tertiary/aromatic N) is 2. The first-order valence-corrected chi connectivity index (χ1v) is 11.0. The summed E-state index contributed by atoms with van der Waals surface area (Å²) in [6.07, 6.45) is 6.18. The van der Waals surface area contributed by atoms with Crippen LogP contribution in [0, 0.1) is 12.3 Å². The van der Waals surface area contributed by atoms with Crippen LogP contribution in [-0.4, -0.2) is 55.6 Å². The Kier molecular flexibility index (Phi) is 5.77. The Bertz CT molecular complexity index is 672. The van der Waals surface area contributed by atoms with Crippen molar-refractivity contribution in [3.8, 4) is 0 Å². The molecule has 1 aliphatic carbocycles. The Morgan fingerprint density at radius 3 is 2.41 bits per heavy atom. The second-order valence-corrected chi connectivity index (χ2v) is 10.8. The molecule has 4 nitrogen and oxygen atoms in total. The molecule has 1 amide bonds. The molecule has 0 N–H and O–H groups in total. The third kappa shape index (κ3) is 4.10. The fourth-order valence-electron chi connectivity index (χ4n) is 4.82. The van der Waals surface area contributed by atoms with Crippen LogP contribution >= 0.6 is 11.3 Å². The number of hydrogen-bond donors (Lipinski definition) is 0. The zero-order chi connectivity index (χ0) is 19.9. The van der Waals surface area contributed by atoms with Gasteiger partial charge in [-0.05, 0) is 84.5 Å². The number of aryl methyl sites for hydroxylation is 1. The third-order valence-electron chi connectivity index (χ3n) is 7.13. The quantitative estimate of drug-likeness (QED) is 0.718. The highest BCUT2D eigenvalue weighted by Gasteiger charge is 2.50. The molecule has 0 radical (unpaired) electrons. The molecule has 2 aliphatic rings. The number of hydrogen-bond acceptors (Lipinski definition) is 4. The molecule has 5 heteroatoms. The molecule has 0 atom stereocenters. The highest BCUT2D eigenvalue weighted by molar-refractivity contribution is 7.12. The first-order chi connectivity index (χ1) is 12.6. The summed E-state index contributed by atoms with van der Waals surface area (Å²) >= 11 is 1.93. The highest BCUT2D eigenvalue weighted by atomic mass is 32.1. The lowest BCUT2D eigenvalue weighted by molar-refractivity contribution is -0.128. The van der Waals surface area contributed by atoms with Gasteiger partial charge in [0.05, 0.1) is 11.1 Å². The molecule has 0 unspecified atom stereocenters. The van der Waals surface area contributed by atoms with Gasteiger partial charge in [-0.1, -0.05) is 0 Å². The molecule has 1 aromatic heterocycles. The normalized spacial score (nSPS) is 29.3. The maximum Gasteiger partial charge on any atom is 0.223 e. The van der Waals surface area contributed by atoms with E-state index in [0.29, 0.717) is 5.91 Å². The van der Waals surface area contributed by atoms with Crippen molar-refractivity contribution in [3.05, 3.63) is 21.9 Å². The molecule has 1 aromatic rings. The number of rotatable bonds is 6. The number of carbonyl (C=O) groups excluding carboxylic acids is 1. The largest absolute Gasteiger partial charge is 0.379 e. The molecule has 1 spiro atoms. The lowest BCUT2D eigenvalue weighted by Crippen LogP contribution is -2.47. The van der Waals surface area contributed by atoms with E-state index >= 15 is 0 Å². The van der Waals surface area contributed by atoms with Crippen LogP contribution in [0.2, 0.25) is 0 Å². The first kappa shape index (κ1) is 20.8. The molecular formula is C22H36N2O2S. The van der Waals surface area contributed by atoms with Crippen LogP contribution in [0.3, 0.4) is 0 Å². The van der Waals surface area contributed by atoms with E-state index in [-0.39, 0.29) is 16.6 Å². The topological polar surface area (TPSA) is 32.8 Å². The number of likely N-dealkylation sites (tertiary alicyclic amines) is 1. The Morgan fingerprint density at radius 1 is 1.22 bits per heavy atom. The lowest BCUT2D eigenvalue weighted by atomic mass is 9.66. The van der Waals surface area contributed by atoms with Crippen molar-refractivity contribution in [2.45, 2.75) is 70.4 Å². The molecule has 1 saturated carbocycles. The summed E-state index contributed by atoms with van der Waals surface area (Å²) in [5.74, 6) is 0.339. The summed E-state index contributed by atoms with van der Waals surface area (Å²) in [5, 5.41) is 0. The summed E-state index contributed by atoms with van der Waals surface area (Å²) < 4.78 is 5.53. The van der Waals surface area contributed by atoms with Crippen LogP contribution < -0.4 is 0 Å². The van der Waals surface area contributed by atoms with E-state index < -0.39 is 0 Å². The predicted molar refractivity (Wildman–Crippen MR) is 112 cm³/mol. The van der Waals surface area contributed by atoms with Gasteiger partial charge in [0, 0.05) is 36.4 Å². The first-order valence-electron chi connectivity index (χ1n) is 10.2. The van der Waals surface area contributed by atoms with Gasteiger partial charge >= 0.3 is 0 Å². The van der Waals surface area contributed by atoms with Gasteiger partial charge in [-0.2, -0.15) is 0 Å². The van der Waals surface area contributed by atoms with Gasteiger partial charge in [-0.25, -0.2) is 0 Å². The third-order valence-corrected chi connectivity index (χ3v) is 8.33. The summed E-state index contributed by atoms with van der Waals surface area (Å²) in [6.45, 7) is 8.12. The maximum absolute atomic E-state index is 12.7. The van der Waals surface area contributed by atoms with Crippen molar-refractivity contribution in [2.75, 3.05) is 34.3 Å². The maximum atomic E-state index is 12.7. The van der Waals surface area contributed by atoms with Gasteiger partial charge in [-0.15, -0.1) is 11.3 Å². The molecule has 2 heterocycles. The summed E-state index contributed by atoms with van der Waals surface area (Å²) in [7, 11) is 6.18. The van der Waals surface area contributed by atoms with E-state index in [1.165, 1.54) is 9.75 Å². The minimum absolute atomic E-state index is 0.138. The number of thiophene rings is 1. The van der Waals surface area contributed by atoms with Crippen molar-refractivity contribution < 1.29 is 9.53 Å². The second kappa shape index (κ2) is 7.49. The Hall–Kier alpha value is -0.910. The number of carbonyl (C=O) groups is 1. The minimum atomic E-state index is -0.167. The van der Waals surface area contributed by atoms with E-state index in [1.54, 1.807) is 7.11 Å². The Labute approximate surface area is 168 Å². The zero-order valence-electron chi connectivity index (χ0n) is 17.9. The van der Waals surface area contributed by atoms with Crippen molar-refractivity contribution >= 4 is 17.2 Å². The van der Waals surface area contributed by atoms with E-state index in [4.69, 9.17) is 4.74 Å². The summed E-state index contributed by atoms with van der Waals surface area (Å²) in [5.41, 5.74) is 0.151. The van der Waals surface area contributed by atoms with E-state index in [0.717, 1.165) is 51.6 Å². The zero-order valence-corrected chi connectivity index (χ0v) is 18.7. The van der Waals surface area contributed by atoms with Gasteiger partial charge in [0.1, 0.15) is 0 Å². The van der Waals surface area contributed by atoms with Crippen LogP contribution in [-0.2, 0) is 15.1 Å². The standard InChI is InChI=1S/C22H36N2O2S/c1-17-7-8-18(27-17)22(23(4)5)11-9-21(10-12-22)15-19(25)24(16-21)14-13-20(2,3)26-6/h7-8H,9-16H2,1-6H3. The van der Waals surface area contributed by atoms with Crippen molar-refractivity contribution in [2.24, 2.45) is 5.41 Å². The Balaban J connectivity index is 1.68. The van der Waals surface area contributed by atoms with Crippen LogP contribution in [0.15, 0.2) is 12.1 Å². The monoisotopic (exact) mass is 392 g/mol. The summed E-state index contributed by atoms with van der Waals surface area (Å²) in [4.78, 5) is 20.1. The minimum Gasteiger partial charge on any atom is -0.379 e. The molecule has 2 fully saturated rings. The van der Waals surface area contributed by atoms with Crippen LogP contribution in [0.5, 0.6) is 0 Å². The average molecular weight is 393 g/mol. The average Bonchev–Trinajstić information content (AvgIpc) is 3.18. The Morgan fingerprint density at radius 2 is 1.89 bits per heavy atom.